The quantitative estimate of drug-likeness (QED) is 0.615. The number of sulfonamides is 1. The highest BCUT2D eigenvalue weighted by atomic mass is 35.5. The van der Waals surface area contributed by atoms with Gasteiger partial charge in [-0.2, -0.15) is 5.10 Å². The smallest absolute Gasteiger partial charge is 0.242 e. The summed E-state index contributed by atoms with van der Waals surface area (Å²) in [5.41, 5.74) is 0. The number of hydrogen-bond donors (Lipinski definition) is 2. The minimum atomic E-state index is -3.90. The van der Waals surface area contributed by atoms with Crippen LogP contribution in [0.3, 0.4) is 0 Å². The van der Waals surface area contributed by atoms with Crippen LogP contribution in [-0.4, -0.2) is 30.1 Å². The van der Waals surface area contributed by atoms with E-state index in [1.807, 2.05) is 0 Å². The summed E-state index contributed by atoms with van der Waals surface area (Å²) < 4.78 is 39.9. The molecule has 2 aromatic rings. The first-order chi connectivity index (χ1) is 9.92. The Hall–Kier alpha value is -1.22. The number of aromatic amines is 1. The number of nitrogens with zero attached hydrogens (tertiary/aromatic N) is 2. The van der Waals surface area contributed by atoms with Gasteiger partial charge in [0.1, 0.15) is 17.0 Å². The Balaban J connectivity index is 2.00. The lowest BCUT2D eigenvalue weighted by Gasteiger charge is -2.09. The van der Waals surface area contributed by atoms with Crippen molar-refractivity contribution in [2.24, 2.45) is 0 Å². The molecule has 10 heteroatoms. The second-order valence-electron chi connectivity index (χ2n) is 4.11. The molecule has 1 aromatic carbocycles. The fraction of sp³-hybridized carbons (Fsp3) is 0.273. The fourth-order valence-corrected chi connectivity index (χ4v) is 3.42. The van der Waals surface area contributed by atoms with E-state index in [0.29, 0.717) is 18.7 Å². The van der Waals surface area contributed by atoms with E-state index in [1.165, 1.54) is 6.33 Å². The van der Waals surface area contributed by atoms with Crippen molar-refractivity contribution in [3.8, 4) is 0 Å². The average Bonchev–Trinajstić information content (AvgIpc) is 2.94. The number of aromatic nitrogens is 3. The molecular weight excluding hydrogens is 342 g/mol. The Morgan fingerprint density at radius 1 is 1.33 bits per heavy atom. The molecule has 0 saturated heterocycles. The Morgan fingerprint density at radius 3 is 2.76 bits per heavy atom. The van der Waals surface area contributed by atoms with Gasteiger partial charge in [0, 0.05) is 13.0 Å². The topological polar surface area (TPSA) is 87.7 Å². The Labute approximate surface area is 130 Å². The van der Waals surface area contributed by atoms with Gasteiger partial charge in [0.2, 0.25) is 10.0 Å². The molecule has 1 aromatic heterocycles. The molecule has 0 fully saturated rings. The predicted molar refractivity (Wildman–Crippen MR) is 76.3 cm³/mol. The summed E-state index contributed by atoms with van der Waals surface area (Å²) in [6.45, 7) is 0.156. The summed E-state index contributed by atoms with van der Waals surface area (Å²) in [5, 5.41) is 5.59. The molecule has 2 rings (SSSR count). The molecule has 0 aliphatic carbocycles. The zero-order chi connectivity index (χ0) is 15.5. The lowest BCUT2D eigenvalue weighted by Crippen LogP contribution is -2.25. The van der Waals surface area contributed by atoms with Crippen LogP contribution < -0.4 is 4.72 Å². The second-order valence-corrected chi connectivity index (χ2v) is 6.63. The third-order valence-corrected chi connectivity index (χ3v) is 4.91. The van der Waals surface area contributed by atoms with Gasteiger partial charge in [-0.25, -0.2) is 22.5 Å². The number of aryl methyl sites for hydroxylation is 1. The third-order valence-electron chi connectivity index (χ3n) is 2.64. The van der Waals surface area contributed by atoms with Crippen LogP contribution in [0.25, 0.3) is 0 Å². The van der Waals surface area contributed by atoms with Crippen molar-refractivity contribution >= 4 is 33.2 Å². The molecule has 0 amide bonds. The van der Waals surface area contributed by atoms with Crippen molar-refractivity contribution in [3.63, 3.8) is 0 Å². The summed E-state index contributed by atoms with van der Waals surface area (Å²) >= 11 is 11.2. The van der Waals surface area contributed by atoms with E-state index in [1.54, 1.807) is 0 Å². The summed E-state index contributed by atoms with van der Waals surface area (Å²) in [4.78, 5) is 3.57. The highest BCUT2D eigenvalue weighted by Crippen LogP contribution is 2.29. The summed E-state index contributed by atoms with van der Waals surface area (Å²) in [6, 6.07) is 2.30. The van der Waals surface area contributed by atoms with E-state index in [4.69, 9.17) is 23.2 Å². The standard InChI is InChI=1S/C11H11Cl2FN4O2S/c12-7-3-4-8(10(13)11(7)14)21(19,20)17-5-1-2-9-15-6-16-18-9/h3-4,6,17H,1-2,5H2,(H,15,16,18). The van der Waals surface area contributed by atoms with Gasteiger partial charge in [-0.05, 0) is 18.6 Å². The first kappa shape index (κ1) is 16.2. The number of halogens is 3. The van der Waals surface area contributed by atoms with Crippen LogP contribution in [0.1, 0.15) is 12.2 Å². The summed E-state index contributed by atoms with van der Waals surface area (Å²) in [7, 11) is -3.90. The maximum atomic E-state index is 13.5. The van der Waals surface area contributed by atoms with Crippen molar-refractivity contribution in [1.29, 1.82) is 0 Å². The van der Waals surface area contributed by atoms with Crippen molar-refractivity contribution in [1.82, 2.24) is 19.9 Å². The number of hydrogen-bond acceptors (Lipinski definition) is 4. The molecule has 0 radical (unpaired) electrons. The molecule has 0 unspecified atom stereocenters. The highest BCUT2D eigenvalue weighted by Gasteiger charge is 2.21. The van der Waals surface area contributed by atoms with Crippen molar-refractivity contribution in [2.75, 3.05) is 6.54 Å². The lowest BCUT2D eigenvalue weighted by atomic mass is 10.3. The van der Waals surface area contributed by atoms with Gasteiger partial charge in [0.15, 0.2) is 5.82 Å². The van der Waals surface area contributed by atoms with Crippen molar-refractivity contribution in [3.05, 3.63) is 40.1 Å². The van der Waals surface area contributed by atoms with Gasteiger partial charge in [0.05, 0.1) is 10.0 Å². The average molecular weight is 353 g/mol. The molecule has 2 N–H and O–H groups in total. The van der Waals surface area contributed by atoms with Gasteiger partial charge in [-0.15, -0.1) is 0 Å². The van der Waals surface area contributed by atoms with Crippen LogP contribution in [0.15, 0.2) is 23.4 Å². The zero-order valence-corrected chi connectivity index (χ0v) is 12.9. The molecule has 0 aliphatic rings. The molecular formula is C11H11Cl2FN4O2S. The van der Waals surface area contributed by atoms with E-state index >= 15 is 0 Å². The zero-order valence-electron chi connectivity index (χ0n) is 10.6. The summed E-state index contributed by atoms with van der Waals surface area (Å²) in [6.07, 6.45) is 2.41. The fourth-order valence-electron chi connectivity index (χ4n) is 1.61. The lowest BCUT2D eigenvalue weighted by molar-refractivity contribution is 0.575. The molecule has 1 heterocycles. The maximum absolute atomic E-state index is 13.5. The van der Waals surface area contributed by atoms with E-state index in [-0.39, 0.29) is 16.5 Å². The first-order valence-electron chi connectivity index (χ1n) is 5.89. The summed E-state index contributed by atoms with van der Waals surface area (Å²) in [5.74, 6) is -0.298. The number of rotatable bonds is 6. The largest absolute Gasteiger partial charge is 0.263 e. The van der Waals surface area contributed by atoms with Crippen molar-refractivity contribution < 1.29 is 12.8 Å². The minimum absolute atomic E-state index is 0.156. The van der Waals surface area contributed by atoms with Crippen LogP contribution in [0.4, 0.5) is 4.39 Å². The van der Waals surface area contributed by atoms with Gasteiger partial charge in [-0.1, -0.05) is 23.2 Å². The molecule has 0 aliphatic heterocycles. The molecule has 0 atom stereocenters. The van der Waals surface area contributed by atoms with Crippen LogP contribution in [0, 0.1) is 5.82 Å². The van der Waals surface area contributed by atoms with Gasteiger partial charge in [-0.3, -0.25) is 5.10 Å². The monoisotopic (exact) mass is 352 g/mol. The first-order valence-corrected chi connectivity index (χ1v) is 8.13. The normalized spacial score (nSPS) is 11.8. The molecule has 0 bridgehead atoms. The van der Waals surface area contributed by atoms with Crippen LogP contribution in [0.5, 0.6) is 0 Å². The van der Waals surface area contributed by atoms with E-state index in [0.717, 1.165) is 12.1 Å². The maximum Gasteiger partial charge on any atom is 0.242 e. The number of nitrogens with one attached hydrogen (secondary N) is 2. The van der Waals surface area contributed by atoms with E-state index in [2.05, 4.69) is 19.9 Å². The van der Waals surface area contributed by atoms with Gasteiger partial charge in [0.25, 0.3) is 0 Å². The van der Waals surface area contributed by atoms with E-state index in [9.17, 15) is 12.8 Å². The number of benzene rings is 1. The van der Waals surface area contributed by atoms with Crippen molar-refractivity contribution in [2.45, 2.75) is 17.7 Å². The molecule has 114 valence electrons. The Kier molecular flexibility index (Phi) is 5.15. The van der Waals surface area contributed by atoms with Gasteiger partial charge >= 0.3 is 0 Å². The van der Waals surface area contributed by atoms with Crippen LogP contribution in [-0.2, 0) is 16.4 Å². The third kappa shape index (κ3) is 3.91. The molecule has 21 heavy (non-hydrogen) atoms. The van der Waals surface area contributed by atoms with Crippen LogP contribution in [0.2, 0.25) is 10.0 Å². The van der Waals surface area contributed by atoms with Crippen LogP contribution >= 0.6 is 23.2 Å². The Morgan fingerprint density at radius 2 is 2.10 bits per heavy atom. The van der Waals surface area contributed by atoms with Gasteiger partial charge < -0.3 is 0 Å². The highest BCUT2D eigenvalue weighted by molar-refractivity contribution is 7.89. The molecule has 0 spiro atoms. The molecule has 6 nitrogen and oxygen atoms in total. The SMILES string of the molecule is O=S(=O)(NCCCc1ncn[nH]1)c1ccc(Cl)c(F)c1Cl. The Bertz CT molecular complexity index is 722. The minimum Gasteiger partial charge on any atom is -0.263 e. The van der Waals surface area contributed by atoms with E-state index < -0.39 is 20.9 Å². The molecule has 0 saturated carbocycles. The second kappa shape index (κ2) is 6.69. The predicted octanol–water partition coefficient (Wildman–Crippen LogP) is 2.16. The number of H-pyrrole nitrogens is 1.